The van der Waals surface area contributed by atoms with Gasteiger partial charge in [0.2, 0.25) is 5.91 Å². The average molecular weight is 283 g/mol. The van der Waals surface area contributed by atoms with Crippen LogP contribution in [0.15, 0.2) is 18.2 Å². The van der Waals surface area contributed by atoms with Crippen molar-refractivity contribution in [1.82, 2.24) is 0 Å². The molecule has 5 nitrogen and oxygen atoms in total. The van der Waals surface area contributed by atoms with Crippen molar-refractivity contribution in [3.8, 4) is 0 Å². The number of nitrogens with one attached hydrogen (secondary N) is 1. The molecular formula is C9H6ClF3N2O3. The minimum Gasteiger partial charge on any atom is -0.326 e. The summed E-state index contributed by atoms with van der Waals surface area (Å²) in [4.78, 5) is 20.7. The maximum absolute atomic E-state index is 11.9. The van der Waals surface area contributed by atoms with Crippen molar-refractivity contribution < 1.29 is 22.9 Å². The van der Waals surface area contributed by atoms with Gasteiger partial charge in [-0.05, 0) is 12.1 Å². The molecule has 1 rings (SSSR count). The predicted molar refractivity (Wildman–Crippen MR) is 57.4 cm³/mol. The van der Waals surface area contributed by atoms with Crippen LogP contribution >= 0.6 is 11.6 Å². The van der Waals surface area contributed by atoms with Crippen LogP contribution in [-0.4, -0.2) is 17.0 Å². The molecule has 0 atom stereocenters. The summed E-state index contributed by atoms with van der Waals surface area (Å²) in [6.07, 6.45) is -6.30. The van der Waals surface area contributed by atoms with Crippen molar-refractivity contribution >= 4 is 28.9 Å². The van der Waals surface area contributed by atoms with Crippen LogP contribution in [-0.2, 0) is 4.79 Å². The van der Waals surface area contributed by atoms with E-state index in [0.717, 1.165) is 12.1 Å². The van der Waals surface area contributed by atoms with Crippen molar-refractivity contribution in [2.24, 2.45) is 0 Å². The van der Waals surface area contributed by atoms with E-state index in [2.05, 4.69) is 0 Å². The van der Waals surface area contributed by atoms with Crippen LogP contribution in [0.25, 0.3) is 0 Å². The molecule has 0 saturated heterocycles. The number of carbonyl (C=O) groups excluding carboxylic acids is 1. The Morgan fingerprint density at radius 3 is 2.56 bits per heavy atom. The number of nitro benzene ring substituents is 1. The first-order chi connectivity index (χ1) is 8.19. The van der Waals surface area contributed by atoms with Gasteiger partial charge in [0.05, 0.1) is 4.92 Å². The Bertz CT molecular complexity index is 490. The summed E-state index contributed by atoms with van der Waals surface area (Å²) < 4.78 is 35.7. The van der Waals surface area contributed by atoms with E-state index in [0.29, 0.717) is 0 Å². The van der Waals surface area contributed by atoms with Gasteiger partial charge in [-0.2, -0.15) is 13.2 Å². The molecule has 0 unspecified atom stereocenters. The molecule has 1 aromatic rings. The van der Waals surface area contributed by atoms with E-state index in [1.54, 1.807) is 0 Å². The standard InChI is InChI=1S/C9H6ClF3N2O3/c10-6-2-1-5(3-7(6)15(17)18)14-8(16)4-9(11,12)13/h1-3H,4H2,(H,14,16). The van der Waals surface area contributed by atoms with E-state index in [1.165, 1.54) is 6.07 Å². The van der Waals surface area contributed by atoms with Gasteiger partial charge in [-0.1, -0.05) is 11.6 Å². The summed E-state index contributed by atoms with van der Waals surface area (Å²) in [6.45, 7) is 0. The number of halogens is 4. The predicted octanol–water partition coefficient (Wildman–Crippen LogP) is 3.14. The van der Waals surface area contributed by atoms with Crippen molar-refractivity contribution in [2.45, 2.75) is 12.6 Å². The Hall–Kier alpha value is -1.83. The zero-order chi connectivity index (χ0) is 13.9. The summed E-state index contributed by atoms with van der Waals surface area (Å²) in [7, 11) is 0. The lowest BCUT2D eigenvalue weighted by Crippen LogP contribution is -2.21. The Labute approximate surface area is 104 Å². The molecular weight excluding hydrogens is 277 g/mol. The fraction of sp³-hybridized carbons (Fsp3) is 0.222. The quantitative estimate of drug-likeness (QED) is 0.684. The summed E-state index contributed by atoms with van der Waals surface area (Å²) in [5.41, 5.74) is -0.623. The molecule has 0 saturated carbocycles. The molecule has 1 N–H and O–H groups in total. The maximum atomic E-state index is 11.9. The topological polar surface area (TPSA) is 72.2 Å². The highest BCUT2D eigenvalue weighted by Crippen LogP contribution is 2.28. The van der Waals surface area contributed by atoms with Crippen LogP contribution in [0.4, 0.5) is 24.5 Å². The van der Waals surface area contributed by atoms with Crippen LogP contribution in [0, 0.1) is 10.1 Å². The number of alkyl halides is 3. The van der Waals surface area contributed by atoms with Crippen LogP contribution in [0.2, 0.25) is 5.02 Å². The van der Waals surface area contributed by atoms with Crippen molar-refractivity contribution in [3.05, 3.63) is 33.3 Å². The highest BCUT2D eigenvalue weighted by Gasteiger charge is 2.31. The minimum absolute atomic E-state index is 0.125. The van der Waals surface area contributed by atoms with Crippen LogP contribution < -0.4 is 5.32 Å². The van der Waals surface area contributed by atoms with Crippen molar-refractivity contribution in [1.29, 1.82) is 0 Å². The largest absolute Gasteiger partial charge is 0.397 e. The number of hydrogen-bond acceptors (Lipinski definition) is 3. The lowest BCUT2D eigenvalue weighted by atomic mass is 10.2. The highest BCUT2D eigenvalue weighted by atomic mass is 35.5. The summed E-state index contributed by atoms with van der Waals surface area (Å²) in [5.74, 6) is -1.31. The molecule has 18 heavy (non-hydrogen) atoms. The first-order valence-electron chi connectivity index (χ1n) is 4.49. The van der Waals surface area contributed by atoms with Gasteiger partial charge in [0.25, 0.3) is 5.69 Å². The summed E-state index contributed by atoms with van der Waals surface area (Å²) in [5, 5.41) is 12.2. The molecule has 1 aromatic carbocycles. The van der Waals surface area contributed by atoms with Gasteiger partial charge in [0.1, 0.15) is 11.4 Å². The number of hydrogen-bond donors (Lipinski definition) is 1. The molecule has 0 aliphatic rings. The lowest BCUT2D eigenvalue weighted by molar-refractivity contribution is -0.384. The van der Waals surface area contributed by atoms with E-state index >= 15 is 0 Å². The molecule has 0 heterocycles. The smallest absolute Gasteiger partial charge is 0.326 e. The van der Waals surface area contributed by atoms with Crippen molar-refractivity contribution in [2.75, 3.05) is 5.32 Å². The Morgan fingerprint density at radius 1 is 1.44 bits per heavy atom. The zero-order valence-electron chi connectivity index (χ0n) is 8.62. The molecule has 1 amide bonds. The molecule has 9 heteroatoms. The second-order valence-corrected chi connectivity index (χ2v) is 3.67. The van der Waals surface area contributed by atoms with Gasteiger partial charge in [-0.15, -0.1) is 0 Å². The monoisotopic (exact) mass is 282 g/mol. The molecule has 0 bridgehead atoms. The van der Waals surface area contributed by atoms with Gasteiger partial charge in [-0.25, -0.2) is 0 Å². The van der Waals surface area contributed by atoms with Crippen LogP contribution in [0.1, 0.15) is 6.42 Å². The average Bonchev–Trinajstić information content (AvgIpc) is 2.17. The number of carbonyl (C=O) groups is 1. The molecule has 98 valence electrons. The minimum atomic E-state index is -4.64. The molecule has 0 fully saturated rings. The van der Waals surface area contributed by atoms with Crippen molar-refractivity contribution in [3.63, 3.8) is 0 Å². The molecule has 0 spiro atoms. The third-order valence-electron chi connectivity index (χ3n) is 1.79. The van der Waals surface area contributed by atoms with E-state index in [-0.39, 0.29) is 10.7 Å². The number of anilines is 1. The third-order valence-corrected chi connectivity index (χ3v) is 2.11. The van der Waals surface area contributed by atoms with Gasteiger partial charge in [-0.3, -0.25) is 14.9 Å². The van der Waals surface area contributed by atoms with Gasteiger partial charge < -0.3 is 5.32 Å². The number of benzene rings is 1. The number of amides is 1. The van der Waals surface area contributed by atoms with Gasteiger partial charge in [0.15, 0.2) is 0 Å². The maximum Gasteiger partial charge on any atom is 0.397 e. The van der Waals surface area contributed by atoms with E-state index in [9.17, 15) is 28.1 Å². The first-order valence-corrected chi connectivity index (χ1v) is 4.87. The van der Waals surface area contributed by atoms with E-state index in [4.69, 9.17) is 11.6 Å². The fourth-order valence-corrected chi connectivity index (χ4v) is 1.30. The third kappa shape index (κ3) is 4.21. The second-order valence-electron chi connectivity index (χ2n) is 3.26. The Kier molecular flexibility index (Phi) is 4.12. The number of nitro groups is 1. The van der Waals surface area contributed by atoms with E-state index < -0.39 is 29.1 Å². The summed E-state index contributed by atoms with van der Waals surface area (Å²) >= 11 is 5.50. The SMILES string of the molecule is O=C(CC(F)(F)F)Nc1ccc(Cl)c([N+](=O)[O-])c1. The number of nitrogens with zero attached hydrogens (tertiary/aromatic N) is 1. The molecule has 0 aliphatic carbocycles. The fourth-order valence-electron chi connectivity index (χ4n) is 1.12. The lowest BCUT2D eigenvalue weighted by Gasteiger charge is -2.07. The Morgan fingerprint density at radius 2 is 2.06 bits per heavy atom. The highest BCUT2D eigenvalue weighted by molar-refractivity contribution is 6.32. The molecule has 0 aromatic heterocycles. The van der Waals surface area contributed by atoms with E-state index in [1.807, 2.05) is 5.32 Å². The second kappa shape index (κ2) is 5.21. The van der Waals surface area contributed by atoms with Crippen LogP contribution in [0.5, 0.6) is 0 Å². The molecule has 0 radical (unpaired) electrons. The Balaban J connectivity index is 2.83. The van der Waals surface area contributed by atoms with Crippen LogP contribution in [0.3, 0.4) is 0 Å². The molecule has 0 aliphatic heterocycles. The zero-order valence-corrected chi connectivity index (χ0v) is 9.38. The number of rotatable bonds is 3. The van der Waals surface area contributed by atoms with Gasteiger partial charge in [0, 0.05) is 11.8 Å². The summed E-state index contributed by atoms with van der Waals surface area (Å²) in [6, 6.07) is 3.17. The normalized spacial score (nSPS) is 11.1. The first kappa shape index (κ1) is 14.2. The van der Waals surface area contributed by atoms with Gasteiger partial charge >= 0.3 is 6.18 Å².